The van der Waals surface area contributed by atoms with E-state index >= 15 is 0 Å². The molecule has 7 rings (SSSR count). The third kappa shape index (κ3) is 9.99. The summed E-state index contributed by atoms with van der Waals surface area (Å²) in [6, 6.07) is 59.7. The van der Waals surface area contributed by atoms with Crippen LogP contribution in [0.15, 0.2) is 164 Å². The Balaban J connectivity index is 0.000000210. The number of hydrogen-bond donors (Lipinski definition) is 0. The standard InChI is InChI=1S/C27H34N2P.C17H14P.Fe/c1-23(28(2)21-22-29-19-10-5-11-20-29)26-17-12-18-27(26)30(24-13-6-3-7-14-24)25-15-8-4-9-16-25;1-3-9-15(10-4-1)18(17-13-7-8-14-17)16-11-5-2-6-12-16;/h3-4,6-9,12-18,23H,5,10-11,19-22H2,1-2H3;1-14H;/q-1;-5;/t23-;;/m1../s1. The van der Waals surface area contributed by atoms with Crippen molar-refractivity contribution in [1.29, 1.82) is 0 Å². The maximum Gasteiger partial charge on any atom is 0.0109 e. The SMILES string of the molecule is C[C@H]([c-]1cccc1P(c1ccccc1)c1ccccc1)N(C)CCN1CCCCC1.[Fe].c1ccc(P(c2ccccc2)[c-]2[cH-][cH-][cH-][cH-]2)cc1. The molecule has 1 heterocycles. The summed E-state index contributed by atoms with van der Waals surface area (Å²) < 4.78 is 0. The third-order valence-corrected chi connectivity index (χ3v) is 14.3. The van der Waals surface area contributed by atoms with Crippen LogP contribution in [0.25, 0.3) is 0 Å². The summed E-state index contributed by atoms with van der Waals surface area (Å²) in [5, 5.41) is 8.58. The summed E-state index contributed by atoms with van der Waals surface area (Å²) in [4.78, 5) is 5.18. The molecule has 1 fully saturated rings. The molecule has 1 aliphatic heterocycles. The topological polar surface area (TPSA) is 6.48 Å². The molecule has 0 amide bonds. The van der Waals surface area contributed by atoms with Crippen LogP contribution in [0.3, 0.4) is 0 Å². The van der Waals surface area contributed by atoms with Crippen LogP contribution < -0.4 is 31.8 Å². The Labute approximate surface area is 307 Å². The van der Waals surface area contributed by atoms with Crippen molar-refractivity contribution in [1.82, 2.24) is 9.80 Å². The van der Waals surface area contributed by atoms with Gasteiger partial charge in [-0.1, -0.05) is 145 Å². The van der Waals surface area contributed by atoms with E-state index in [0.717, 1.165) is 6.54 Å². The number of rotatable bonds is 11. The predicted molar refractivity (Wildman–Crippen MR) is 213 cm³/mol. The molecule has 5 heteroatoms. The van der Waals surface area contributed by atoms with Gasteiger partial charge in [0, 0.05) is 30.2 Å². The van der Waals surface area contributed by atoms with E-state index < -0.39 is 15.8 Å². The Kier molecular flexibility index (Phi) is 14.6. The summed E-state index contributed by atoms with van der Waals surface area (Å²) >= 11 is 0. The van der Waals surface area contributed by atoms with E-state index in [1.807, 2.05) is 0 Å². The van der Waals surface area contributed by atoms with E-state index in [9.17, 15) is 0 Å². The van der Waals surface area contributed by atoms with Crippen LogP contribution in [-0.2, 0) is 17.1 Å². The average Bonchev–Trinajstić information content (AvgIpc) is 3.87. The van der Waals surface area contributed by atoms with Gasteiger partial charge in [0.1, 0.15) is 0 Å². The van der Waals surface area contributed by atoms with Crippen molar-refractivity contribution >= 4 is 47.7 Å². The van der Waals surface area contributed by atoms with E-state index in [0.29, 0.717) is 6.04 Å². The molecule has 0 spiro atoms. The van der Waals surface area contributed by atoms with Gasteiger partial charge in [0.05, 0.1) is 0 Å². The first-order valence-electron chi connectivity index (χ1n) is 17.4. The first-order valence-corrected chi connectivity index (χ1v) is 20.1. The summed E-state index contributed by atoms with van der Waals surface area (Å²) in [5.41, 5.74) is 1.48. The number of benzene rings is 4. The Morgan fingerprint density at radius 3 is 1.61 bits per heavy atom. The van der Waals surface area contributed by atoms with Crippen LogP contribution in [-0.4, -0.2) is 43.0 Å². The minimum atomic E-state index is -0.545. The summed E-state index contributed by atoms with van der Waals surface area (Å²) in [5.74, 6) is 0. The van der Waals surface area contributed by atoms with Crippen molar-refractivity contribution < 1.29 is 17.1 Å². The largest absolute Gasteiger partial charge is 0.747 e. The molecule has 6 aromatic carbocycles. The summed E-state index contributed by atoms with van der Waals surface area (Å²) in [6.45, 7) is 7.23. The Morgan fingerprint density at radius 1 is 0.653 bits per heavy atom. The zero-order valence-corrected chi connectivity index (χ0v) is 31.7. The molecule has 0 aliphatic carbocycles. The normalized spacial score (nSPS) is 13.9. The van der Waals surface area contributed by atoms with E-state index in [-0.39, 0.29) is 17.1 Å². The fraction of sp³-hybridized carbons (Fsp3) is 0.227. The average molecular weight is 723 g/mol. The van der Waals surface area contributed by atoms with Crippen LogP contribution in [0.5, 0.6) is 0 Å². The summed E-state index contributed by atoms with van der Waals surface area (Å²) in [6.07, 6.45) is 4.14. The molecule has 1 saturated heterocycles. The van der Waals surface area contributed by atoms with Crippen molar-refractivity contribution in [3.05, 3.63) is 169 Å². The van der Waals surface area contributed by atoms with Crippen LogP contribution in [0.1, 0.15) is 37.8 Å². The van der Waals surface area contributed by atoms with Gasteiger partial charge in [-0.05, 0) is 57.6 Å². The van der Waals surface area contributed by atoms with Gasteiger partial charge >= 0.3 is 0 Å². The molecule has 0 saturated carbocycles. The van der Waals surface area contributed by atoms with Crippen molar-refractivity contribution in [2.24, 2.45) is 0 Å². The van der Waals surface area contributed by atoms with E-state index in [2.05, 4.69) is 188 Å². The molecule has 0 aromatic heterocycles. The monoisotopic (exact) mass is 722 g/mol. The molecule has 0 N–H and O–H groups in total. The van der Waals surface area contributed by atoms with Crippen molar-refractivity contribution in [2.45, 2.75) is 32.2 Å². The first-order chi connectivity index (χ1) is 23.7. The van der Waals surface area contributed by atoms with E-state index in [4.69, 9.17) is 0 Å². The number of likely N-dealkylation sites (N-methyl/N-ethyl adjacent to an activating group) is 1. The van der Waals surface area contributed by atoms with Gasteiger partial charge in [-0.3, -0.25) is 0 Å². The molecule has 49 heavy (non-hydrogen) atoms. The second-order valence-electron chi connectivity index (χ2n) is 12.6. The second kappa shape index (κ2) is 19.3. The maximum absolute atomic E-state index is 2.64. The molecule has 6 aromatic rings. The van der Waals surface area contributed by atoms with Crippen LogP contribution in [0.4, 0.5) is 0 Å². The minimum Gasteiger partial charge on any atom is -0.747 e. The summed E-state index contributed by atoms with van der Waals surface area (Å²) in [7, 11) is 1.34. The van der Waals surface area contributed by atoms with E-state index in [1.165, 1.54) is 76.3 Å². The fourth-order valence-electron chi connectivity index (χ4n) is 6.59. The third-order valence-electron chi connectivity index (χ3n) is 9.36. The Bertz CT molecular complexity index is 1660. The van der Waals surface area contributed by atoms with Gasteiger partial charge in [0.15, 0.2) is 0 Å². The Morgan fingerprint density at radius 2 is 1.12 bits per heavy atom. The molecular formula is C44H48FeN2P2-6. The molecule has 258 valence electrons. The van der Waals surface area contributed by atoms with Gasteiger partial charge in [0.25, 0.3) is 0 Å². The van der Waals surface area contributed by atoms with Crippen molar-refractivity contribution in [3.63, 3.8) is 0 Å². The molecule has 2 nitrogen and oxygen atoms in total. The van der Waals surface area contributed by atoms with Crippen molar-refractivity contribution in [3.8, 4) is 0 Å². The fourth-order valence-corrected chi connectivity index (χ4v) is 11.4. The smallest absolute Gasteiger partial charge is 0.0109 e. The quantitative estimate of drug-likeness (QED) is 0.0766. The van der Waals surface area contributed by atoms with Gasteiger partial charge in [-0.25, -0.2) is 20.1 Å². The second-order valence-corrected chi connectivity index (χ2v) is 17.0. The van der Waals surface area contributed by atoms with Crippen LogP contribution in [0, 0.1) is 0 Å². The number of nitrogens with zero attached hydrogens (tertiary/aromatic N) is 2. The van der Waals surface area contributed by atoms with Crippen LogP contribution >= 0.6 is 15.8 Å². The molecule has 1 atom stereocenters. The maximum atomic E-state index is 2.64. The predicted octanol–water partition coefficient (Wildman–Crippen LogP) is 7.80. The van der Waals surface area contributed by atoms with Gasteiger partial charge in [-0.2, -0.15) is 6.07 Å². The first kappa shape index (κ1) is 37.1. The molecular weight excluding hydrogens is 674 g/mol. The van der Waals surface area contributed by atoms with Gasteiger partial charge in [-0.15, -0.1) is 10.9 Å². The van der Waals surface area contributed by atoms with Crippen molar-refractivity contribution in [2.75, 3.05) is 33.2 Å². The number of hydrogen-bond acceptors (Lipinski definition) is 2. The number of piperidine rings is 1. The zero-order valence-electron chi connectivity index (χ0n) is 28.8. The van der Waals surface area contributed by atoms with Gasteiger partial charge in [0.2, 0.25) is 0 Å². The molecule has 1 aliphatic rings. The minimum absolute atomic E-state index is 0. The van der Waals surface area contributed by atoms with E-state index in [1.54, 1.807) is 0 Å². The van der Waals surface area contributed by atoms with Gasteiger partial charge < -0.3 is 39.4 Å². The molecule has 0 bridgehead atoms. The molecule has 0 radical (unpaired) electrons. The van der Waals surface area contributed by atoms with Crippen LogP contribution in [0.2, 0.25) is 0 Å². The number of likely N-dealkylation sites (tertiary alicyclic amines) is 1. The Hall–Kier alpha value is -3.12. The zero-order chi connectivity index (χ0) is 33.0. The molecule has 0 unspecified atom stereocenters.